The van der Waals surface area contributed by atoms with E-state index in [1.807, 2.05) is 6.07 Å². The van der Waals surface area contributed by atoms with Gasteiger partial charge in [-0.2, -0.15) is 0 Å². The summed E-state index contributed by atoms with van der Waals surface area (Å²) in [4.78, 5) is 17.5. The van der Waals surface area contributed by atoms with Crippen molar-refractivity contribution in [3.8, 4) is 0 Å². The molecule has 1 aliphatic rings. The van der Waals surface area contributed by atoms with Crippen LogP contribution in [0.15, 0.2) is 12.1 Å². The molecule has 0 saturated heterocycles. The van der Waals surface area contributed by atoms with Gasteiger partial charge in [-0.25, -0.2) is 0 Å². The molecule has 0 saturated carbocycles. The van der Waals surface area contributed by atoms with Crippen LogP contribution in [-0.4, -0.2) is 10.8 Å². The first-order valence-electron chi connectivity index (χ1n) is 8.56. The maximum atomic E-state index is 12.7. The molecule has 116 valence electrons. The van der Waals surface area contributed by atoms with Gasteiger partial charge >= 0.3 is 0 Å². The SMILES string of the molecule is CCCCCCc1ccc2c(n1)C(C)CC(C)(CC)C2=O. The number of fused-ring (bicyclic) bond motifs is 1. The molecule has 0 aliphatic heterocycles. The molecule has 2 heteroatoms. The Bertz CT molecular complexity index is 508. The van der Waals surface area contributed by atoms with E-state index in [1.54, 1.807) is 0 Å². The minimum absolute atomic E-state index is 0.198. The van der Waals surface area contributed by atoms with E-state index in [9.17, 15) is 4.79 Å². The molecule has 0 bridgehead atoms. The second kappa shape index (κ2) is 6.72. The molecule has 0 amide bonds. The summed E-state index contributed by atoms with van der Waals surface area (Å²) in [6, 6.07) is 4.10. The minimum Gasteiger partial charge on any atom is -0.293 e. The van der Waals surface area contributed by atoms with Crippen LogP contribution in [0.5, 0.6) is 0 Å². The van der Waals surface area contributed by atoms with E-state index in [2.05, 4.69) is 33.8 Å². The Balaban J connectivity index is 2.17. The Morgan fingerprint density at radius 2 is 2.00 bits per heavy atom. The molecule has 0 N–H and O–H groups in total. The largest absolute Gasteiger partial charge is 0.293 e. The Morgan fingerprint density at radius 3 is 2.67 bits per heavy atom. The summed E-state index contributed by atoms with van der Waals surface area (Å²) < 4.78 is 0. The van der Waals surface area contributed by atoms with Crippen LogP contribution in [0.4, 0.5) is 0 Å². The topological polar surface area (TPSA) is 30.0 Å². The van der Waals surface area contributed by atoms with Crippen LogP contribution >= 0.6 is 0 Å². The third kappa shape index (κ3) is 3.36. The summed E-state index contributed by atoms with van der Waals surface area (Å²) in [6.07, 6.45) is 7.93. The predicted molar refractivity (Wildman–Crippen MR) is 87.8 cm³/mol. The van der Waals surface area contributed by atoms with E-state index in [1.165, 1.54) is 25.7 Å². The quantitative estimate of drug-likeness (QED) is 0.664. The van der Waals surface area contributed by atoms with Gasteiger partial charge in [0.2, 0.25) is 0 Å². The van der Waals surface area contributed by atoms with Crippen molar-refractivity contribution in [2.24, 2.45) is 5.41 Å². The molecule has 1 aliphatic carbocycles. The molecular formula is C19H29NO. The smallest absolute Gasteiger partial charge is 0.170 e. The highest BCUT2D eigenvalue weighted by Gasteiger charge is 2.40. The number of Topliss-reactive ketones (excluding diaryl/α,β-unsaturated/α-hetero) is 1. The van der Waals surface area contributed by atoms with Crippen molar-refractivity contribution >= 4 is 5.78 Å². The molecule has 2 rings (SSSR count). The number of ketones is 1. The van der Waals surface area contributed by atoms with Gasteiger partial charge in [0.1, 0.15) is 0 Å². The molecule has 1 aromatic rings. The lowest BCUT2D eigenvalue weighted by Crippen LogP contribution is -2.35. The summed E-state index contributed by atoms with van der Waals surface area (Å²) in [5.41, 5.74) is 2.87. The number of rotatable bonds is 6. The van der Waals surface area contributed by atoms with Gasteiger partial charge in [0.15, 0.2) is 5.78 Å². The average molecular weight is 287 g/mol. The molecule has 2 unspecified atom stereocenters. The summed E-state index contributed by atoms with van der Waals surface area (Å²) in [5.74, 6) is 0.682. The van der Waals surface area contributed by atoms with Crippen LogP contribution in [-0.2, 0) is 6.42 Å². The molecule has 1 heterocycles. The summed E-state index contributed by atoms with van der Waals surface area (Å²) in [5, 5.41) is 0. The van der Waals surface area contributed by atoms with Crippen molar-refractivity contribution < 1.29 is 4.79 Å². The fraction of sp³-hybridized carbons (Fsp3) is 0.684. The van der Waals surface area contributed by atoms with Crippen molar-refractivity contribution in [2.45, 2.75) is 78.6 Å². The van der Waals surface area contributed by atoms with Gasteiger partial charge in [0.25, 0.3) is 0 Å². The lowest BCUT2D eigenvalue weighted by molar-refractivity contribution is 0.0760. The number of aromatic nitrogens is 1. The highest BCUT2D eigenvalue weighted by molar-refractivity contribution is 6.02. The summed E-state index contributed by atoms with van der Waals surface area (Å²) >= 11 is 0. The maximum Gasteiger partial charge on any atom is 0.170 e. The van der Waals surface area contributed by atoms with Crippen LogP contribution in [0, 0.1) is 5.41 Å². The molecular weight excluding hydrogens is 258 g/mol. The number of pyridine rings is 1. The summed E-state index contributed by atoms with van der Waals surface area (Å²) in [6.45, 7) is 8.67. The van der Waals surface area contributed by atoms with Gasteiger partial charge in [-0.3, -0.25) is 9.78 Å². The monoisotopic (exact) mass is 287 g/mol. The zero-order valence-electron chi connectivity index (χ0n) is 14.0. The maximum absolute atomic E-state index is 12.7. The van der Waals surface area contributed by atoms with Crippen molar-refractivity contribution in [1.82, 2.24) is 4.98 Å². The van der Waals surface area contributed by atoms with Crippen LogP contribution in [0.3, 0.4) is 0 Å². The molecule has 0 fully saturated rings. The Hall–Kier alpha value is -1.18. The van der Waals surface area contributed by atoms with Gasteiger partial charge < -0.3 is 0 Å². The average Bonchev–Trinajstić information content (AvgIpc) is 2.49. The standard InChI is InChI=1S/C19H29NO/c1-5-7-8-9-10-15-11-12-16-17(20-15)14(3)13-19(4,6-2)18(16)21/h11-12,14H,5-10,13H2,1-4H3. The van der Waals surface area contributed by atoms with Crippen molar-refractivity contribution in [2.75, 3.05) is 0 Å². The Labute approximate surface area is 129 Å². The lowest BCUT2D eigenvalue weighted by Gasteiger charge is -2.35. The first kappa shape index (κ1) is 16.2. The van der Waals surface area contributed by atoms with Gasteiger partial charge in [0, 0.05) is 22.6 Å². The van der Waals surface area contributed by atoms with Gasteiger partial charge in [0.05, 0.1) is 5.69 Å². The number of nitrogens with zero attached hydrogens (tertiary/aromatic N) is 1. The number of unbranched alkanes of at least 4 members (excludes halogenated alkanes) is 3. The number of carbonyl (C=O) groups is 1. The Morgan fingerprint density at radius 1 is 1.24 bits per heavy atom. The van der Waals surface area contributed by atoms with Crippen LogP contribution in [0.2, 0.25) is 0 Å². The normalized spacial score (nSPS) is 25.0. The van der Waals surface area contributed by atoms with Gasteiger partial charge in [-0.1, -0.05) is 47.0 Å². The molecule has 2 nitrogen and oxygen atoms in total. The second-order valence-corrected chi connectivity index (χ2v) is 6.89. The zero-order valence-corrected chi connectivity index (χ0v) is 14.0. The molecule has 0 aromatic carbocycles. The fourth-order valence-corrected chi connectivity index (χ4v) is 3.45. The third-order valence-corrected chi connectivity index (χ3v) is 5.07. The minimum atomic E-state index is -0.198. The van der Waals surface area contributed by atoms with Crippen molar-refractivity contribution in [1.29, 1.82) is 0 Å². The molecule has 1 aromatic heterocycles. The van der Waals surface area contributed by atoms with Crippen LogP contribution in [0.1, 0.15) is 93.9 Å². The highest BCUT2D eigenvalue weighted by Crippen LogP contribution is 2.43. The Kier molecular flexibility index (Phi) is 5.18. The van der Waals surface area contributed by atoms with Crippen LogP contribution < -0.4 is 0 Å². The second-order valence-electron chi connectivity index (χ2n) is 6.89. The number of carbonyl (C=O) groups excluding carboxylic acids is 1. The highest BCUT2D eigenvalue weighted by atomic mass is 16.1. The van der Waals surface area contributed by atoms with Crippen LogP contribution in [0.25, 0.3) is 0 Å². The van der Waals surface area contributed by atoms with E-state index < -0.39 is 0 Å². The van der Waals surface area contributed by atoms with E-state index >= 15 is 0 Å². The first-order chi connectivity index (χ1) is 10.0. The number of hydrogen-bond acceptors (Lipinski definition) is 2. The fourth-order valence-electron chi connectivity index (χ4n) is 3.45. The zero-order chi connectivity index (χ0) is 15.5. The first-order valence-corrected chi connectivity index (χ1v) is 8.56. The molecule has 21 heavy (non-hydrogen) atoms. The van der Waals surface area contributed by atoms with E-state index in [4.69, 9.17) is 4.98 Å². The number of hydrogen-bond donors (Lipinski definition) is 0. The van der Waals surface area contributed by atoms with E-state index in [-0.39, 0.29) is 5.41 Å². The lowest BCUT2D eigenvalue weighted by atomic mass is 9.68. The van der Waals surface area contributed by atoms with Crippen molar-refractivity contribution in [3.05, 3.63) is 29.1 Å². The summed E-state index contributed by atoms with van der Waals surface area (Å²) in [7, 11) is 0. The van der Waals surface area contributed by atoms with Crippen molar-refractivity contribution in [3.63, 3.8) is 0 Å². The van der Waals surface area contributed by atoms with Gasteiger partial charge in [-0.05, 0) is 37.8 Å². The molecule has 2 atom stereocenters. The van der Waals surface area contributed by atoms with E-state index in [0.29, 0.717) is 11.7 Å². The number of aryl methyl sites for hydroxylation is 1. The molecule has 0 spiro atoms. The van der Waals surface area contributed by atoms with E-state index in [0.717, 1.165) is 36.2 Å². The molecule has 0 radical (unpaired) electrons. The third-order valence-electron chi connectivity index (χ3n) is 5.07. The van der Waals surface area contributed by atoms with Gasteiger partial charge in [-0.15, -0.1) is 0 Å². The predicted octanol–water partition coefficient (Wildman–Crippen LogP) is 5.31.